The van der Waals surface area contributed by atoms with E-state index in [2.05, 4.69) is 25.2 Å². The van der Waals surface area contributed by atoms with Gasteiger partial charge < -0.3 is 10.1 Å². The minimum absolute atomic E-state index is 0.423. The molecule has 0 unspecified atom stereocenters. The molecular weight excluding hydrogens is 258 g/mol. The zero-order valence-electron chi connectivity index (χ0n) is 12.1. The molecule has 0 aliphatic heterocycles. The van der Waals surface area contributed by atoms with Crippen LogP contribution >= 0.6 is 11.6 Å². The largest absolute Gasteiger partial charge is 0.493 e. The van der Waals surface area contributed by atoms with E-state index in [1.165, 1.54) is 18.4 Å². The van der Waals surface area contributed by atoms with Gasteiger partial charge in [0.1, 0.15) is 5.75 Å². The summed E-state index contributed by atoms with van der Waals surface area (Å²) in [6.45, 7) is 8.17. The average Bonchev–Trinajstić information content (AvgIpc) is 3.14. The summed E-state index contributed by atoms with van der Waals surface area (Å²) in [5.41, 5.74) is 2.28. The first-order valence-corrected chi connectivity index (χ1v) is 7.62. The van der Waals surface area contributed by atoms with Crippen LogP contribution in [-0.4, -0.2) is 19.2 Å². The maximum absolute atomic E-state index is 6.26. The summed E-state index contributed by atoms with van der Waals surface area (Å²) < 4.78 is 5.89. The summed E-state index contributed by atoms with van der Waals surface area (Å²) in [6.07, 6.45) is 3.74. The van der Waals surface area contributed by atoms with E-state index in [4.69, 9.17) is 16.3 Å². The third-order valence-electron chi connectivity index (χ3n) is 3.51. The molecule has 106 valence electrons. The van der Waals surface area contributed by atoms with Crippen molar-refractivity contribution in [3.63, 3.8) is 0 Å². The van der Waals surface area contributed by atoms with Gasteiger partial charge in [0.05, 0.1) is 6.61 Å². The Morgan fingerprint density at radius 1 is 1.37 bits per heavy atom. The van der Waals surface area contributed by atoms with Gasteiger partial charge in [0.25, 0.3) is 0 Å². The lowest BCUT2D eigenvalue weighted by Gasteiger charge is -2.14. The first-order valence-electron chi connectivity index (χ1n) is 7.24. The standard InChI is InChI=1S/C16H24ClNO/c1-11(2)14-10-16(12(3)9-15(14)17)19-8-4-7-18-13-5-6-13/h9-11,13,18H,4-8H2,1-3H3. The second-order valence-electron chi connectivity index (χ2n) is 5.72. The Balaban J connectivity index is 1.85. The van der Waals surface area contributed by atoms with Crippen LogP contribution < -0.4 is 10.1 Å². The molecule has 1 saturated carbocycles. The highest BCUT2D eigenvalue weighted by molar-refractivity contribution is 6.31. The number of hydrogen-bond acceptors (Lipinski definition) is 2. The zero-order chi connectivity index (χ0) is 13.8. The zero-order valence-corrected chi connectivity index (χ0v) is 12.9. The van der Waals surface area contributed by atoms with Gasteiger partial charge in [-0.25, -0.2) is 0 Å². The molecule has 3 heteroatoms. The van der Waals surface area contributed by atoms with Crippen LogP contribution in [0.5, 0.6) is 5.75 Å². The lowest BCUT2D eigenvalue weighted by atomic mass is 10.0. The Morgan fingerprint density at radius 3 is 2.74 bits per heavy atom. The van der Waals surface area contributed by atoms with Crippen molar-refractivity contribution in [1.82, 2.24) is 5.32 Å². The van der Waals surface area contributed by atoms with Gasteiger partial charge in [-0.1, -0.05) is 25.4 Å². The van der Waals surface area contributed by atoms with Crippen LogP contribution in [0.15, 0.2) is 12.1 Å². The van der Waals surface area contributed by atoms with Gasteiger partial charge in [-0.3, -0.25) is 0 Å². The molecule has 0 radical (unpaired) electrons. The van der Waals surface area contributed by atoms with Crippen LogP contribution in [-0.2, 0) is 0 Å². The van der Waals surface area contributed by atoms with E-state index in [0.717, 1.165) is 41.9 Å². The maximum atomic E-state index is 6.26. The summed E-state index contributed by atoms with van der Waals surface area (Å²) in [6, 6.07) is 4.88. The van der Waals surface area contributed by atoms with Crippen molar-refractivity contribution in [3.8, 4) is 5.75 Å². The number of hydrogen-bond donors (Lipinski definition) is 1. The van der Waals surface area contributed by atoms with Crippen molar-refractivity contribution in [3.05, 3.63) is 28.3 Å². The highest BCUT2D eigenvalue weighted by Crippen LogP contribution is 2.31. The highest BCUT2D eigenvalue weighted by atomic mass is 35.5. The Kier molecular flexibility index (Phi) is 5.12. The van der Waals surface area contributed by atoms with Crippen molar-refractivity contribution in [2.24, 2.45) is 0 Å². The van der Waals surface area contributed by atoms with E-state index in [0.29, 0.717) is 5.92 Å². The van der Waals surface area contributed by atoms with E-state index >= 15 is 0 Å². The highest BCUT2D eigenvalue weighted by Gasteiger charge is 2.19. The predicted octanol–water partition coefficient (Wildman–Crippen LogP) is 4.29. The molecule has 0 saturated heterocycles. The number of benzene rings is 1. The number of ether oxygens (including phenoxy) is 1. The lowest BCUT2D eigenvalue weighted by molar-refractivity contribution is 0.305. The first kappa shape index (κ1) is 14.7. The van der Waals surface area contributed by atoms with E-state index in [-0.39, 0.29) is 0 Å². The van der Waals surface area contributed by atoms with Crippen molar-refractivity contribution in [1.29, 1.82) is 0 Å². The molecular formula is C16H24ClNO. The average molecular weight is 282 g/mol. The fraction of sp³-hybridized carbons (Fsp3) is 0.625. The molecule has 0 aromatic heterocycles. The molecule has 19 heavy (non-hydrogen) atoms. The molecule has 0 heterocycles. The predicted molar refractivity (Wildman–Crippen MR) is 81.4 cm³/mol. The summed E-state index contributed by atoms with van der Waals surface area (Å²) in [4.78, 5) is 0. The molecule has 0 amide bonds. The Morgan fingerprint density at radius 2 is 2.11 bits per heavy atom. The van der Waals surface area contributed by atoms with Gasteiger partial charge in [-0.2, -0.15) is 0 Å². The van der Waals surface area contributed by atoms with E-state index < -0.39 is 0 Å². The fourth-order valence-electron chi connectivity index (χ4n) is 2.11. The van der Waals surface area contributed by atoms with Crippen molar-refractivity contribution < 1.29 is 4.74 Å². The van der Waals surface area contributed by atoms with Gasteiger partial charge in [-0.15, -0.1) is 0 Å². The molecule has 2 nitrogen and oxygen atoms in total. The maximum Gasteiger partial charge on any atom is 0.122 e. The Bertz CT molecular complexity index is 427. The number of halogens is 1. The molecule has 1 aromatic rings. The molecule has 0 spiro atoms. The lowest BCUT2D eigenvalue weighted by Crippen LogP contribution is -2.19. The van der Waals surface area contributed by atoms with Crippen LogP contribution in [0.25, 0.3) is 0 Å². The van der Waals surface area contributed by atoms with Crippen molar-refractivity contribution in [2.45, 2.75) is 52.0 Å². The van der Waals surface area contributed by atoms with Crippen LogP contribution in [0.1, 0.15) is 50.2 Å². The number of rotatable bonds is 7. The second kappa shape index (κ2) is 6.62. The van der Waals surface area contributed by atoms with Crippen LogP contribution in [0.3, 0.4) is 0 Å². The van der Waals surface area contributed by atoms with Crippen molar-refractivity contribution in [2.75, 3.05) is 13.2 Å². The molecule has 0 bridgehead atoms. The number of aryl methyl sites for hydroxylation is 1. The Hall–Kier alpha value is -0.730. The third kappa shape index (κ3) is 4.39. The number of nitrogens with one attached hydrogen (secondary N) is 1. The smallest absolute Gasteiger partial charge is 0.122 e. The summed E-state index contributed by atoms with van der Waals surface area (Å²) in [5, 5.41) is 4.34. The molecule has 1 aromatic carbocycles. The monoisotopic (exact) mass is 281 g/mol. The normalized spacial score (nSPS) is 15.0. The summed E-state index contributed by atoms with van der Waals surface area (Å²) >= 11 is 6.26. The minimum Gasteiger partial charge on any atom is -0.493 e. The summed E-state index contributed by atoms with van der Waals surface area (Å²) in [7, 11) is 0. The molecule has 1 N–H and O–H groups in total. The van der Waals surface area contributed by atoms with E-state index in [1.54, 1.807) is 0 Å². The van der Waals surface area contributed by atoms with E-state index in [1.807, 2.05) is 13.0 Å². The third-order valence-corrected chi connectivity index (χ3v) is 3.83. The second-order valence-corrected chi connectivity index (χ2v) is 6.13. The topological polar surface area (TPSA) is 21.3 Å². The first-order chi connectivity index (χ1) is 9.08. The van der Waals surface area contributed by atoms with Gasteiger partial charge in [0.15, 0.2) is 0 Å². The van der Waals surface area contributed by atoms with Crippen LogP contribution in [0, 0.1) is 6.92 Å². The van der Waals surface area contributed by atoms with Crippen LogP contribution in [0.4, 0.5) is 0 Å². The van der Waals surface area contributed by atoms with Gasteiger partial charge in [0.2, 0.25) is 0 Å². The minimum atomic E-state index is 0.423. The molecule has 0 atom stereocenters. The van der Waals surface area contributed by atoms with Gasteiger partial charge in [0, 0.05) is 11.1 Å². The Labute approximate surface area is 121 Å². The van der Waals surface area contributed by atoms with Gasteiger partial charge >= 0.3 is 0 Å². The summed E-state index contributed by atoms with van der Waals surface area (Å²) in [5.74, 6) is 1.39. The molecule has 2 rings (SSSR count). The molecule has 1 fully saturated rings. The molecule has 1 aliphatic carbocycles. The van der Waals surface area contributed by atoms with E-state index in [9.17, 15) is 0 Å². The van der Waals surface area contributed by atoms with Gasteiger partial charge in [-0.05, 0) is 61.9 Å². The van der Waals surface area contributed by atoms with Crippen molar-refractivity contribution >= 4 is 11.6 Å². The molecule has 1 aliphatic rings. The SMILES string of the molecule is Cc1cc(Cl)c(C(C)C)cc1OCCCNC1CC1. The quantitative estimate of drug-likeness (QED) is 0.753. The fourth-order valence-corrected chi connectivity index (χ4v) is 2.55. The van der Waals surface area contributed by atoms with Crippen LogP contribution in [0.2, 0.25) is 5.02 Å².